The average Bonchev–Trinajstić information content (AvgIpc) is 2.24. The van der Waals surface area contributed by atoms with Crippen LogP contribution in [-0.2, 0) is 9.53 Å². The summed E-state index contributed by atoms with van der Waals surface area (Å²) in [6.45, 7) is 5.02. The molecule has 1 rings (SSSR count). The number of carbonyl (C=O) groups is 2. The van der Waals surface area contributed by atoms with Crippen LogP contribution in [0.3, 0.4) is 0 Å². The van der Waals surface area contributed by atoms with Gasteiger partial charge < -0.3 is 15.2 Å². The summed E-state index contributed by atoms with van der Waals surface area (Å²) in [6.07, 6.45) is -1.36. The Bertz CT molecular complexity index is 465. The lowest BCUT2D eigenvalue weighted by Crippen LogP contribution is -2.37. The third-order valence-electron chi connectivity index (χ3n) is 2.11. The molecule has 0 heterocycles. The molecule has 0 aliphatic carbocycles. The van der Waals surface area contributed by atoms with Crippen molar-refractivity contribution in [2.45, 2.75) is 32.4 Å². The minimum atomic E-state index is -1.36. The maximum Gasteiger partial charge on any atom is 0.405 e. The maximum atomic E-state index is 12.8. The van der Waals surface area contributed by atoms with Crippen molar-refractivity contribution in [1.29, 1.82) is 0 Å². The van der Waals surface area contributed by atoms with Gasteiger partial charge in [0.15, 0.2) is 6.04 Å². The number of esters is 1. The predicted octanol–water partition coefficient (Wildman–Crippen LogP) is 2.48. The van der Waals surface area contributed by atoms with Crippen molar-refractivity contribution in [1.82, 2.24) is 5.32 Å². The monoisotopic (exact) mass is 269 g/mol. The lowest BCUT2D eigenvalue weighted by molar-refractivity contribution is -0.157. The van der Waals surface area contributed by atoms with Gasteiger partial charge in [0.05, 0.1) is 0 Å². The number of amides is 1. The summed E-state index contributed by atoms with van der Waals surface area (Å²) >= 11 is 0. The minimum Gasteiger partial charge on any atom is -0.465 e. The van der Waals surface area contributed by atoms with Crippen LogP contribution in [0.15, 0.2) is 24.3 Å². The van der Waals surface area contributed by atoms with Crippen LogP contribution in [0.1, 0.15) is 32.4 Å². The van der Waals surface area contributed by atoms with E-state index in [1.165, 1.54) is 12.1 Å². The number of nitrogens with one attached hydrogen (secondary N) is 1. The summed E-state index contributed by atoms with van der Waals surface area (Å²) in [5, 5.41) is 10.8. The van der Waals surface area contributed by atoms with Crippen molar-refractivity contribution in [3.8, 4) is 0 Å². The molecule has 0 aliphatic rings. The predicted molar refractivity (Wildman–Crippen MR) is 66.1 cm³/mol. The van der Waals surface area contributed by atoms with Gasteiger partial charge in [0.1, 0.15) is 11.4 Å². The molecule has 104 valence electrons. The molecule has 0 saturated carbocycles. The summed E-state index contributed by atoms with van der Waals surface area (Å²) in [6, 6.07) is 3.78. The fraction of sp³-hybridized carbons (Fsp3) is 0.385. The summed E-state index contributed by atoms with van der Waals surface area (Å²) in [5.41, 5.74) is -0.423. The zero-order chi connectivity index (χ0) is 14.6. The van der Waals surface area contributed by atoms with Crippen molar-refractivity contribution in [3.05, 3.63) is 35.6 Å². The molecule has 1 aromatic rings. The molecule has 1 aromatic carbocycles. The van der Waals surface area contributed by atoms with Gasteiger partial charge in [0.25, 0.3) is 0 Å². The Morgan fingerprint density at radius 2 is 1.79 bits per heavy atom. The van der Waals surface area contributed by atoms with E-state index >= 15 is 0 Å². The molecule has 1 atom stereocenters. The molecule has 0 radical (unpaired) electrons. The summed E-state index contributed by atoms with van der Waals surface area (Å²) in [4.78, 5) is 22.7. The van der Waals surface area contributed by atoms with Crippen LogP contribution >= 0.6 is 0 Å². The number of halogens is 1. The minimum absolute atomic E-state index is 0.318. The second kappa shape index (κ2) is 5.69. The zero-order valence-corrected chi connectivity index (χ0v) is 10.9. The SMILES string of the molecule is CC(C)(C)OC(=O)C(NC(=O)O)c1ccc(F)cc1. The second-order valence-electron chi connectivity index (χ2n) is 4.97. The molecular weight excluding hydrogens is 253 g/mol. The number of hydrogen-bond donors (Lipinski definition) is 2. The molecule has 0 spiro atoms. The van der Waals surface area contributed by atoms with Crippen molar-refractivity contribution < 1.29 is 23.8 Å². The first-order valence-corrected chi connectivity index (χ1v) is 5.67. The van der Waals surface area contributed by atoms with E-state index in [2.05, 4.69) is 5.32 Å². The molecule has 0 saturated heterocycles. The van der Waals surface area contributed by atoms with Crippen LogP contribution in [0.5, 0.6) is 0 Å². The van der Waals surface area contributed by atoms with Crippen molar-refractivity contribution >= 4 is 12.1 Å². The van der Waals surface area contributed by atoms with Gasteiger partial charge in [0.2, 0.25) is 0 Å². The smallest absolute Gasteiger partial charge is 0.405 e. The quantitative estimate of drug-likeness (QED) is 0.826. The van der Waals surface area contributed by atoms with Crippen molar-refractivity contribution in [2.24, 2.45) is 0 Å². The summed E-state index contributed by atoms with van der Waals surface area (Å²) < 4.78 is 18.0. The van der Waals surface area contributed by atoms with Crippen LogP contribution < -0.4 is 5.32 Å². The Balaban J connectivity index is 2.97. The van der Waals surface area contributed by atoms with Gasteiger partial charge in [-0.1, -0.05) is 12.1 Å². The first kappa shape index (κ1) is 14.9. The maximum absolute atomic E-state index is 12.8. The van der Waals surface area contributed by atoms with Crippen molar-refractivity contribution in [2.75, 3.05) is 0 Å². The first-order chi connectivity index (χ1) is 8.69. The van der Waals surface area contributed by atoms with Gasteiger partial charge in [-0.25, -0.2) is 14.0 Å². The number of carboxylic acid groups (broad SMARTS) is 1. The van der Waals surface area contributed by atoms with Gasteiger partial charge in [-0.3, -0.25) is 0 Å². The standard InChI is InChI=1S/C13H16FNO4/c1-13(2,3)19-11(16)10(15-12(17)18)8-4-6-9(14)7-5-8/h4-7,10,15H,1-3H3,(H,17,18). The Morgan fingerprint density at radius 1 is 1.26 bits per heavy atom. The highest BCUT2D eigenvalue weighted by molar-refractivity contribution is 5.82. The molecule has 1 amide bonds. The lowest BCUT2D eigenvalue weighted by atomic mass is 10.1. The van der Waals surface area contributed by atoms with E-state index in [1.54, 1.807) is 20.8 Å². The van der Waals surface area contributed by atoms with Gasteiger partial charge in [-0.05, 0) is 38.5 Å². The van der Waals surface area contributed by atoms with E-state index in [0.717, 1.165) is 12.1 Å². The van der Waals surface area contributed by atoms with E-state index in [4.69, 9.17) is 9.84 Å². The second-order valence-corrected chi connectivity index (χ2v) is 4.97. The highest BCUT2D eigenvalue weighted by Crippen LogP contribution is 2.19. The molecule has 19 heavy (non-hydrogen) atoms. The molecule has 0 aliphatic heterocycles. The van der Waals surface area contributed by atoms with E-state index in [0.29, 0.717) is 5.56 Å². The van der Waals surface area contributed by atoms with Crippen LogP contribution in [0.2, 0.25) is 0 Å². The molecule has 2 N–H and O–H groups in total. The van der Waals surface area contributed by atoms with Crippen molar-refractivity contribution in [3.63, 3.8) is 0 Å². The fourth-order valence-electron chi connectivity index (χ4n) is 1.42. The number of benzene rings is 1. The van der Waals surface area contributed by atoms with Crippen LogP contribution in [0.4, 0.5) is 9.18 Å². The average molecular weight is 269 g/mol. The fourth-order valence-corrected chi connectivity index (χ4v) is 1.42. The number of ether oxygens (including phenoxy) is 1. The summed E-state index contributed by atoms with van der Waals surface area (Å²) in [5.74, 6) is -1.21. The number of hydrogen-bond acceptors (Lipinski definition) is 3. The van der Waals surface area contributed by atoms with Crippen LogP contribution in [0.25, 0.3) is 0 Å². The van der Waals surface area contributed by atoms with E-state index in [9.17, 15) is 14.0 Å². The van der Waals surface area contributed by atoms with Crippen LogP contribution in [0, 0.1) is 5.82 Å². The third-order valence-corrected chi connectivity index (χ3v) is 2.11. The Labute approximate surface area is 110 Å². The summed E-state index contributed by atoms with van der Waals surface area (Å²) in [7, 11) is 0. The third kappa shape index (κ3) is 4.95. The normalized spacial score (nSPS) is 12.6. The van der Waals surface area contributed by atoms with E-state index in [1.807, 2.05) is 0 Å². The largest absolute Gasteiger partial charge is 0.465 e. The van der Waals surface area contributed by atoms with Gasteiger partial charge in [0, 0.05) is 0 Å². The number of rotatable bonds is 3. The molecular formula is C13H16FNO4. The first-order valence-electron chi connectivity index (χ1n) is 5.67. The van der Waals surface area contributed by atoms with E-state index in [-0.39, 0.29) is 0 Å². The molecule has 5 nitrogen and oxygen atoms in total. The Kier molecular flexibility index (Phi) is 4.47. The Hall–Kier alpha value is -2.11. The van der Waals surface area contributed by atoms with Crippen LogP contribution in [-0.4, -0.2) is 22.8 Å². The van der Waals surface area contributed by atoms with Gasteiger partial charge in [-0.15, -0.1) is 0 Å². The Morgan fingerprint density at radius 3 is 2.21 bits per heavy atom. The van der Waals surface area contributed by atoms with E-state index < -0.39 is 29.5 Å². The molecule has 6 heteroatoms. The highest BCUT2D eigenvalue weighted by Gasteiger charge is 2.28. The molecule has 0 fully saturated rings. The highest BCUT2D eigenvalue weighted by atomic mass is 19.1. The topological polar surface area (TPSA) is 75.6 Å². The molecule has 0 bridgehead atoms. The lowest BCUT2D eigenvalue weighted by Gasteiger charge is -2.24. The molecule has 0 aromatic heterocycles. The molecule has 1 unspecified atom stereocenters. The van der Waals surface area contributed by atoms with Gasteiger partial charge in [-0.2, -0.15) is 0 Å². The number of carbonyl (C=O) groups excluding carboxylic acids is 1. The zero-order valence-electron chi connectivity index (χ0n) is 10.9. The van der Waals surface area contributed by atoms with Gasteiger partial charge >= 0.3 is 12.1 Å².